The largest absolute Gasteiger partial charge is 0.481 e. The van der Waals surface area contributed by atoms with Crippen LogP contribution in [0, 0.1) is 0 Å². The van der Waals surface area contributed by atoms with E-state index in [9.17, 15) is 38.7 Å². The summed E-state index contributed by atoms with van der Waals surface area (Å²) in [7, 11) is 2.86. The van der Waals surface area contributed by atoms with Gasteiger partial charge in [-0.15, -0.1) is 32.9 Å². The van der Waals surface area contributed by atoms with Gasteiger partial charge in [-0.3, -0.25) is 34.1 Å². The van der Waals surface area contributed by atoms with Crippen molar-refractivity contribution >= 4 is 79.8 Å². The molecule has 0 bridgehead atoms. The lowest BCUT2D eigenvalue weighted by Gasteiger charge is -2.25. The average Bonchev–Trinajstić information content (AvgIpc) is 3.36. The van der Waals surface area contributed by atoms with Crippen molar-refractivity contribution in [2.45, 2.75) is 205 Å². The molecule has 0 saturated carbocycles. The number of carbonyl (C=O) groups excluding carboxylic acids is 5. The quantitative estimate of drug-likeness (QED) is 0.00984. The number of rotatable bonds is 55. The van der Waals surface area contributed by atoms with Gasteiger partial charge in [0.05, 0.1) is 70.3 Å². The second-order valence-electron chi connectivity index (χ2n) is 19.2. The SMILES string of the molecule is CCS/[SH]=C/NC(CCCCNC(C)(C)C(=O)CCOCCOCCNC(=O)CCOCCOCCNC(=O)CCC(NC(=O)CCCCCCCCCCCCCCCCC(=O)O)C(=O)O)C(=O)NCSC(C)C. The molecule has 0 aromatic rings. The third-order valence-corrected chi connectivity index (χ3v) is 15.0. The molecule has 438 valence electrons. The van der Waals surface area contributed by atoms with Gasteiger partial charge in [0.25, 0.3) is 0 Å². The van der Waals surface area contributed by atoms with Crippen LogP contribution < -0.4 is 31.9 Å². The molecule has 22 heteroatoms. The summed E-state index contributed by atoms with van der Waals surface area (Å²) in [5.74, 6) is -1.08. The highest BCUT2D eigenvalue weighted by Gasteiger charge is 2.26. The summed E-state index contributed by atoms with van der Waals surface area (Å²) >= 11 is 1.70. The third kappa shape index (κ3) is 48.1. The first-order valence-corrected chi connectivity index (χ1v) is 31.3. The van der Waals surface area contributed by atoms with Crippen molar-refractivity contribution < 1.29 is 62.7 Å². The van der Waals surface area contributed by atoms with Crippen molar-refractivity contribution in [2.75, 3.05) is 84.1 Å². The molecule has 0 radical (unpaired) electrons. The lowest BCUT2D eigenvalue weighted by atomic mass is 9.96. The lowest BCUT2D eigenvalue weighted by Crippen LogP contribution is -2.47. The maximum absolute atomic E-state index is 12.9. The van der Waals surface area contributed by atoms with E-state index in [0.717, 1.165) is 67.5 Å². The Morgan fingerprint density at radius 3 is 1.57 bits per heavy atom. The van der Waals surface area contributed by atoms with E-state index in [1.165, 1.54) is 44.9 Å². The summed E-state index contributed by atoms with van der Waals surface area (Å²) in [4.78, 5) is 84.7. The van der Waals surface area contributed by atoms with Gasteiger partial charge in [-0.05, 0) is 52.5 Å². The van der Waals surface area contributed by atoms with Crippen molar-refractivity contribution in [1.82, 2.24) is 31.9 Å². The van der Waals surface area contributed by atoms with Crippen molar-refractivity contribution in [3.05, 3.63) is 0 Å². The van der Waals surface area contributed by atoms with Crippen LogP contribution in [0.2, 0.25) is 0 Å². The molecule has 0 aliphatic carbocycles. The highest BCUT2D eigenvalue weighted by atomic mass is 33.1. The fraction of sp³-hybridized carbons (Fsp3) is 0.849. The van der Waals surface area contributed by atoms with Crippen LogP contribution in [0.25, 0.3) is 0 Å². The number of amides is 4. The summed E-state index contributed by atoms with van der Waals surface area (Å²) in [6.07, 6.45) is 18.3. The molecular weight excluding hydrogens is 1020 g/mol. The van der Waals surface area contributed by atoms with E-state index in [1.54, 1.807) is 22.6 Å². The minimum absolute atomic E-state index is 0.00443. The number of carboxylic acids is 2. The Labute approximate surface area is 461 Å². The summed E-state index contributed by atoms with van der Waals surface area (Å²) in [6.45, 7) is 13.5. The van der Waals surface area contributed by atoms with Crippen molar-refractivity contribution in [1.29, 1.82) is 0 Å². The van der Waals surface area contributed by atoms with Crippen LogP contribution >= 0.6 is 32.9 Å². The molecule has 19 nitrogen and oxygen atoms in total. The molecule has 0 fully saturated rings. The number of carboxylic acid groups (broad SMARTS) is 2. The van der Waals surface area contributed by atoms with Crippen LogP contribution in [0.3, 0.4) is 0 Å². The second-order valence-corrected chi connectivity index (χ2v) is 23.5. The van der Waals surface area contributed by atoms with E-state index in [4.69, 9.17) is 24.1 Å². The van der Waals surface area contributed by atoms with Crippen LogP contribution in [-0.4, -0.2) is 164 Å². The Morgan fingerprint density at radius 2 is 1.05 bits per heavy atom. The first kappa shape index (κ1) is 72.2. The zero-order valence-corrected chi connectivity index (χ0v) is 48.9. The molecule has 0 saturated heterocycles. The fourth-order valence-corrected chi connectivity index (χ4v) is 9.25. The van der Waals surface area contributed by atoms with Gasteiger partial charge in [0.1, 0.15) is 6.04 Å². The number of hydrogen-bond donors (Lipinski definition) is 9. The van der Waals surface area contributed by atoms with Crippen LogP contribution in [-0.2, 0) is 52.5 Å². The number of ketones is 1. The molecule has 4 amide bonds. The zero-order chi connectivity index (χ0) is 55.6. The Morgan fingerprint density at radius 1 is 0.547 bits per heavy atom. The first-order valence-electron chi connectivity index (χ1n) is 27.7. The van der Waals surface area contributed by atoms with Crippen LogP contribution in [0.1, 0.15) is 182 Å². The minimum Gasteiger partial charge on any atom is -0.481 e. The number of aliphatic carboxylic acids is 2. The number of ether oxygens (including phenoxy) is 4. The maximum atomic E-state index is 12.9. The zero-order valence-electron chi connectivity index (χ0n) is 46.4. The summed E-state index contributed by atoms with van der Waals surface area (Å²) in [6, 6.07) is -1.43. The van der Waals surface area contributed by atoms with Gasteiger partial charge in [-0.25, -0.2) is 4.79 Å². The van der Waals surface area contributed by atoms with Gasteiger partial charge in [0, 0.05) is 61.7 Å². The Hall–Kier alpha value is -2.83. The molecule has 0 aromatic carbocycles. The van der Waals surface area contributed by atoms with Crippen molar-refractivity contribution in [3.8, 4) is 0 Å². The molecule has 0 aliphatic heterocycles. The van der Waals surface area contributed by atoms with Crippen molar-refractivity contribution in [3.63, 3.8) is 0 Å². The number of nitrogens with one attached hydrogen (secondary N) is 6. The topological polar surface area (TPSA) is 269 Å². The number of thiol groups is 1. The van der Waals surface area contributed by atoms with E-state index in [2.05, 4.69) is 52.7 Å². The van der Waals surface area contributed by atoms with E-state index >= 15 is 0 Å². The second kappa shape index (κ2) is 50.7. The average molecular weight is 1130 g/mol. The van der Waals surface area contributed by atoms with E-state index in [-0.39, 0.29) is 114 Å². The third-order valence-electron chi connectivity index (χ3n) is 11.9. The Balaban J connectivity index is 3.84. The van der Waals surface area contributed by atoms with Crippen molar-refractivity contribution in [2.24, 2.45) is 0 Å². The number of thioether (sulfide) groups is 1. The Kier molecular flexibility index (Phi) is 48.7. The predicted octanol–water partition coefficient (Wildman–Crippen LogP) is 6.92. The number of carbonyl (C=O) groups is 7. The van der Waals surface area contributed by atoms with E-state index in [0.29, 0.717) is 56.9 Å². The van der Waals surface area contributed by atoms with E-state index < -0.39 is 23.5 Å². The maximum Gasteiger partial charge on any atom is 0.326 e. The Bertz CT molecular complexity index is 1550. The number of unbranched alkanes of at least 4 members (excludes halogenated alkanes) is 14. The molecule has 0 rings (SSSR count). The first-order chi connectivity index (χ1) is 36.1. The molecule has 2 unspecified atom stereocenters. The molecular formula is C53H100N6O13S3. The highest BCUT2D eigenvalue weighted by molar-refractivity contribution is 8.75. The standard InChI is InChI=1S/C53H100N6O13S3/c1-6-74-75-42-56-44(51(66)57-41-73-43(2)3)23-21-22-30-58-53(4,5)46(60)28-33-69-37-39-72-36-32-55-48(62)29-34-70-38-40-71-35-31-54-47(61)27-26-45(52(67)68)59-49(63)24-19-17-15-13-11-9-7-8-10-12-14-16-18-20-25-50(64)65/h42-45,56,58,75H,6-41H2,1-5H3,(H,54,61)(H,55,62)(H,57,66)(H,59,63)(H,64,65)(H,67,68). The summed E-state index contributed by atoms with van der Waals surface area (Å²) in [5, 5.41) is 36.3. The fourth-order valence-electron chi connectivity index (χ4n) is 7.37. The molecule has 2 atom stereocenters. The normalized spacial score (nSPS) is 12.6. The molecule has 8 N–H and O–H groups in total. The lowest BCUT2D eigenvalue weighted by molar-refractivity contribution is -0.142. The molecule has 75 heavy (non-hydrogen) atoms. The van der Waals surface area contributed by atoms with Crippen LogP contribution in [0.4, 0.5) is 0 Å². The summed E-state index contributed by atoms with van der Waals surface area (Å²) in [5.41, 5.74) is 1.24. The highest BCUT2D eigenvalue weighted by Crippen LogP contribution is 2.15. The molecule has 0 spiro atoms. The van der Waals surface area contributed by atoms with Gasteiger partial charge in [-0.2, -0.15) is 0 Å². The smallest absolute Gasteiger partial charge is 0.326 e. The van der Waals surface area contributed by atoms with Gasteiger partial charge in [0.2, 0.25) is 23.6 Å². The van der Waals surface area contributed by atoms with Crippen LogP contribution in [0.5, 0.6) is 0 Å². The number of Topliss-reactive ketones (excluding diaryl/α,β-unsaturated/α-hetero) is 1. The van der Waals surface area contributed by atoms with Gasteiger partial charge in [-0.1, -0.05) is 104 Å². The number of hydrogen-bond acceptors (Lipinski definition) is 14. The predicted molar refractivity (Wildman–Crippen MR) is 306 cm³/mol. The van der Waals surface area contributed by atoms with Gasteiger partial charge >= 0.3 is 11.9 Å². The molecule has 0 aliphatic rings. The molecule has 0 aromatic heterocycles. The minimum atomic E-state index is -1.18. The summed E-state index contributed by atoms with van der Waals surface area (Å²) < 4.78 is 22.1. The van der Waals surface area contributed by atoms with Gasteiger partial charge in [0.15, 0.2) is 5.78 Å². The van der Waals surface area contributed by atoms with Crippen LogP contribution in [0.15, 0.2) is 0 Å². The van der Waals surface area contributed by atoms with E-state index in [1.807, 2.05) is 19.3 Å². The van der Waals surface area contributed by atoms with Gasteiger partial charge < -0.3 is 55.7 Å². The molecule has 0 heterocycles. The monoisotopic (exact) mass is 1120 g/mol.